The van der Waals surface area contributed by atoms with Crippen LogP contribution in [0.2, 0.25) is 0 Å². The number of aliphatic hydroxyl groups is 1. The normalized spacial score (nSPS) is 13.8. The van der Waals surface area contributed by atoms with Crippen molar-refractivity contribution < 1.29 is 23.1 Å². The molecule has 0 aromatic heterocycles. The van der Waals surface area contributed by atoms with E-state index in [4.69, 9.17) is 0 Å². The number of carbonyl (C=O) groups excluding carboxylic acids is 1. The summed E-state index contributed by atoms with van der Waals surface area (Å²) in [4.78, 5) is 12.0. The van der Waals surface area contributed by atoms with Gasteiger partial charge in [0.15, 0.2) is 0 Å². The van der Waals surface area contributed by atoms with Crippen molar-refractivity contribution >= 4 is 5.91 Å². The number of amides is 1. The predicted molar refractivity (Wildman–Crippen MR) is 78.2 cm³/mol. The summed E-state index contributed by atoms with van der Waals surface area (Å²) < 4.78 is 38.6. The third-order valence-corrected chi connectivity index (χ3v) is 3.12. The molecule has 22 heavy (non-hydrogen) atoms. The van der Waals surface area contributed by atoms with Gasteiger partial charge in [0.2, 0.25) is 5.91 Å². The van der Waals surface area contributed by atoms with Gasteiger partial charge in [-0.1, -0.05) is 39.0 Å². The predicted octanol–water partition coefficient (Wildman–Crippen LogP) is 3.16. The van der Waals surface area contributed by atoms with Gasteiger partial charge >= 0.3 is 6.18 Å². The van der Waals surface area contributed by atoms with Gasteiger partial charge in [-0.05, 0) is 23.5 Å². The molecule has 1 amide bonds. The summed E-state index contributed by atoms with van der Waals surface area (Å²) in [6.45, 7) is 5.63. The highest BCUT2D eigenvalue weighted by atomic mass is 19.4. The van der Waals surface area contributed by atoms with Gasteiger partial charge in [0.25, 0.3) is 0 Å². The van der Waals surface area contributed by atoms with Crippen molar-refractivity contribution in [3.63, 3.8) is 0 Å². The van der Waals surface area contributed by atoms with Crippen LogP contribution in [0.3, 0.4) is 0 Å². The maximum atomic E-state index is 12.9. The molecule has 1 aromatic rings. The smallest absolute Gasteiger partial charge is 0.394 e. The monoisotopic (exact) mass is 317 g/mol. The van der Waals surface area contributed by atoms with Crippen LogP contribution in [-0.2, 0) is 17.4 Å². The molecule has 6 heteroatoms. The van der Waals surface area contributed by atoms with Crippen LogP contribution in [0, 0.1) is 5.41 Å². The van der Waals surface area contributed by atoms with Crippen molar-refractivity contribution in [3.05, 3.63) is 35.4 Å². The Kier molecular flexibility index (Phi) is 6.00. The van der Waals surface area contributed by atoms with E-state index in [9.17, 15) is 23.1 Å². The molecule has 0 fully saturated rings. The van der Waals surface area contributed by atoms with Crippen molar-refractivity contribution in [2.24, 2.45) is 5.41 Å². The lowest BCUT2D eigenvalue weighted by atomic mass is 9.88. The van der Waals surface area contributed by atoms with Gasteiger partial charge in [-0.25, -0.2) is 0 Å². The second-order valence-corrected chi connectivity index (χ2v) is 6.54. The van der Waals surface area contributed by atoms with E-state index in [2.05, 4.69) is 5.32 Å². The Morgan fingerprint density at radius 1 is 1.23 bits per heavy atom. The second-order valence-electron chi connectivity index (χ2n) is 6.54. The fraction of sp³-hybridized carbons (Fsp3) is 0.562. The summed E-state index contributed by atoms with van der Waals surface area (Å²) in [6.07, 6.45) is -4.31. The van der Waals surface area contributed by atoms with Gasteiger partial charge in [-0.3, -0.25) is 4.79 Å². The minimum absolute atomic E-state index is 0.0695. The molecule has 124 valence electrons. The van der Waals surface area contributed by atoms with E-state index >= 15 is 0 Å². The Morgan fingerprint density at radius 3 is 2.32 bits per heavy atom. The minimum Gasteiger partial charge on any atom is -0.394 e. The van der Waals surface area contributed by atoms with Crippen molar-refractivity contribution in [3.8, 4) is 0 Å². The van der Waals surface area contributed by atoms with E-state index < -0.39 is 23.7 Å². The molecule has 0 bridgehead atoms. The van der Waals surface area contributed by atoms with Crippen LogP contribution in [0.5, 0.6) is 0 Å². The Balaban J connectivity index is 2.77. The quantitative estimate of drug-likeness (QED) is 0.876. The molecule has 3 nitrogen and oxygen atoms in total. The Labute approximate surface area is 128 Å². The number of alkyl halides is 3. The summed E-state index contributed by atoms with van der Waals surface area (Å²) >= 11 is 0. The lowest BCUT2D eigenvalue weighted by molar-refractivity contribution is -0.138. The molecule has 0 aliphatic rings. The van der Waals surface area contributed by atoms with Gasteiger partial charge in [-0.2, -0.15) is 13.2 Å². The third kappa shape index (κ3) is 6.05. The molecular formula is C16H22F3NO2. The third-order valence-electron chi connectivity index (χ3n) is 3.12. The number of rotatable bonds is 5. The summed E-state index contributed by atoms with van der Waals surface area (Å²) in [5.74, 6) is -0.528. The zero-order valence-corrected chi connectivity index (χ0v) is 13.0. The lowest BCUT2D eigenvalue weighted by Gasteiger charge is -2.25. The first-order valence-electron chi connectivity index (χ1n) is 7.08. The first-order valence-corrected chi connectivity index (χ1v) is 7.08. The Morgan fingerprint density at radius 2 is 1.82 bits per heavy atom. The van der Waals surface area contributed by atoms with Crippen molar-refractivity contribution in [2.75, 3.05) is 6.61 Å². The molecule has 1 rings (SSSR count). The Bertz CT molecular complexity index is 507. The van der Waals surface area contributed by atoms with E-state index in [0.717, 1.165) is 6.07 Å². The van der Waals surface area contributed by atoms with Crippen LogP contribution in [0.15, 0.2) is 24.3 Å². The number of halogens is 3. The standard InChI is InChI=1S/C16H22F3NO2/c1-15(2,3)9-12(10-21)20-14(22)8-11-6-4-5-7-13(11)16(17,18)19/h4-7,12,21H,8-10H2,1-3H3,(H,20,22). The molecule has 0 heterocycles. The number of carbonyl (C=O) groups is 1. The SMILES string of the molecule is CC(C)(C)CC(CO)NC(=O)Cc1ccccc1C(F)(F)F. The zero-order valence-electron chi connectivity index (χ0n) is 13.0. The van der Waals surface area contributed by atoms with Gasteiger partial charge < -0.3 is 10.4 Å². The van der Waals surface area contributed by atoms with E-state index in [1.807, 2.05) is 20.8 Å². The first kappa shape index (κ1) is 18.5. The molecule has 1 atom stereocenters. The molecule has 1 aromatic carbocycles. The van der Waals surface area contributed by atoms with Gasteiger partial charge in [0.1, 0.15) is 0 Å². The first-order chi connectivity index (χ1) is 10.0. The molecule has 0 saturated carbocycles. The van der Waals surface area contributed by atoms with Crippen LogP contribution in [-0.4, -0.2) is 23.7 Å². The maximum Gasteiger partial charge on any atom is 0.416 e. The molecule has 0 aliphatic carbocycles. The molecule has 0 aliphatic heterocycles. The van der Waals surface area contributed by atoms with Gasteiger partial charge in [-0.15, -0.1) is 0 Å². The molecule has 0 radical (unpaired) electrons. The van der Waals surface area contributed by atoms with Gasteiger partial charge in [0, 0.05) is 0 Å². The molecule has 0 saturated heterocycles. The van der Waals surface area contributed by atoms with E-state index in [0.29, 0.717) is 6.42 Å². The zero-order chi connectivity index (χ0) is 17.0. The number of benzene rings is 1. The molecule has 1 unspecified atom stereocenters. The summed E-state index contributed by atoms with van der Waals surface area (Å²) in [6, 6.07) is 4.55. The second kappa shape index (κ2) is 7.13. The average molecular weight is 317 g/mol. The van der Waals surface area contributed by atoms with Crippen molar-refractivity contribution in [1.82, 2.24) is 5.32 Å². The van der Waals surface area contributed by atoms with Crippen molar-refractivity contribution in [2.45, 2.75) is 45.8 Å². The highest BCUT2D eigenvalue weighted by molar-refractivity contribution is 5.79. The maximum absolute atomic E-state index is 12.9. The number of nitrogens with one attached hydrogen (secondary N) is 1. The molecule has 0 spiro atoms. The van der Waals surface area contributed by atoms with Gasteiger partial charge in [0.05, 0.1) is 24.6 Å². The fourth-order valence-electron chi connectivity index (χ4n) is 2.30. The number of aliphatic hydroxyl groups excluding tert-OH is 1. The fourth-order valence-corrected chi connectivity index (χ4v) is 2.30. The van der Waals surface area contributed by atoms with Crippen LogP contribution in [0.25, 0.3) is 0 Å². The molecule has 2 N–H and O–H groups in total. The average Bonchev–Trinajstić information content (AvgIpc) is 2.35. The van der Waals surface area contributed by atoms with E-state index in [-0.39, 0.29) is 24.0 Å². The minimum atomic E-state index is -4.49. The van der Waals surface area contributed by atoms with Crippen molar-refractivity contribution in [1.29, 1.82) is 0 Å². The highest BCUT2D eigenvalue weighted by Crippen LogP contribution is 2.32. The van der Waals surface area contributed by atoms with Crippen LogP contribution in [0.4, 0.5) is 13.2 Å². The van der Waals surface area contributed by atoms with Crippen LogP contribution in [0.1, 0.15) is 38.3 Å². The Hall–Kier alpha value is -1.56. The number of hydrogen-bond acceptors (Lipinski definition) is 2. The topological polar surface area (TPSA) is 49.3 Å². The highest BCUT2D eigenvalue weighted by Gasteiger charge is 2.33. The summed E-state index contributed by atoms with van der Waals surface area (Å²) in [7, 11) is 0. The largest absolute Gasteiger partial charge is 0.416 e. The van der Waals surface area contributed by atoms with E-state index in [1.54, 1.807) is 0 Å². The van der Waals surface area contributed by atoms with Crippen LogP contribution >= 0.6 is 0 Å². The number of hydrogen-bond donors (Lipinski definition) is 2. The summed E-state index contributed by atoms with van der Waals surface area (Å²) in [5.41, 5.74) is -0.980. The molecular weight excluding hydrogens is 295 g/mol. The van der Waals surface area contributed by atoms with Crippen LogP contribution < -0.4 is 5.32 Å². The van der Waals surface area contributed by atoms with E-state index in [1.165, 1.54) is 18.2 Å². The summed E-state index contributed by atoms with van der Waals surface area (Å²) in [5, 5.41) is 11.9. The lowest BCUT2D eigenvalue weighted by Crippen LogP contribution is -2.40.